The van der Waals surface area contributed by atoms with Gasteiger partial charge < -0.3 is 15.0 Å². The molecule has 90 valence electrons. The second-order valence-corrected chi connectivity index (χ2v) is 4.54. The van der Waals surface area contributed by atoms with Crippen molar-refractivity contribution in [2.75, 3.05) is 6.61 Å². The topological polar surface area (TPSA) is 74.2 Å². The van der Waals surface area contributed by atoms with Crippen molar-refractivity contribution in [1.82, 2.24) is 10.1 Å². The first kappa shape index (κ1) is 11.5. The van der Waals surface area contributed by atoms with Crippen LogP contribution < -0.4 is 5.73 Å². The molecule has 1 aromatic rings. The third kappa shape index (κ3) is 2.59. The van der Waals surface area contributed by atoms with Gasteiger partial charge in [0.05, 0.1) is 12.0 Å². The summed E-state index contributed by atoms with van der Waals surface area (Å²) in [5.74, 6) is 1.46. The van der Waals surface area contributed by atoms with Crippen LogP contribution in [0.5, 0.6) is 0 Å². The highest BCUT2D eigenvalue weighted by Gasteiger charge is 2.21. The molecular formula is C11H19N3O2. The van der Waals surface area contributed by atoms with Crippen molar-refractivity contribution in [3.8, 4) is 0 Å². The number of rotatable bonds is 4. The van der Waals surface area contributed by atoms with Gasteiger partial charge in [0.2, 0.25) is 5.89 Å². The number of ether oxygens (including phenoxy) is 1. The molecule has 0 bridgehead atoms. The van der Waals surface area contributed by atoms with Gasteiger partial charge in [-0.3, -0.25) is 0 Å². The maximum atomic E-state index is 5.79. The molecule has 5 heteroatoms. The average molecular weight is 225 g/mol. The van der Waals surface area contributed by atoms with E-state index in [0.717, 1.165) is 31.7 Å². The minimum Gasteiger partial charge on any atom is -0.378 e. The molecule has 0 saturated carbocycles. The first-order valence-electron chi connectivity index (χ1n) is 5.86. The first-order chi connectivity index (χ1) is 7.66. The van der Waals surface area contributed by atoms with Gasteiger partial charge >= 0.3 is 0 Å². The van der Waals surface area contributed by atoms with Gasteiger partial charge in [0.15, 0.2) is 5.82 Å². The van der Waals surface area contributed by atoms with E-state index in [1.54, 1.807) is 0 Å². The second-order valence-electron chi connectivity index (χ2n) is 4.54. The molecule has 0 aliphatic carbocycles. The average Bonchev–Trinajstić information content (AvgIpc) is 2.88. The van der Waals surface area contributed by atoms with Gasteiger partial charge in [0, 0.05) is 19.1 Å². The van der Waals surface area contributed by atoms with E-state index in [9.17, 15) is 0 Å². The third-order valence-electron chi connectivity index (χ3n) is 3.10. The first-order valence-corrected chi connectivity index (χ1v) is 5.86. The minimum atomic E-state index is 0.0241. The van der Waals surface area contributed by atoms with E-state index in [1.807, 2.05) is 13.8 Å². The molecule has 3 unspecified atom stereocenters. The lowest BCUT2D eigenvalue weighted by atomic mass is 10.1. The maximum absolute atomic E-state index is 5.79. The molecular weight excluding hydrogens is 206 g/mol. The molecule has 1 aliphatic rings. The molecule has 3 atom stereocenters. The summed E-state index contributed by atoms with van der Waals surface area (Å²) in [6.45, 7) is 4.79. The quantitative estimate of drug-likeness (QED) is 0.834. The lowest BCUT2D eigenvalue weighted by molar-refractivity contribution is 0.109. The van der Waals surface area contributed by atoms with Gasteiger partial charge in [0.1, 0.15) is 0 Å². The monoisotopic (exact) mass is 225 g/mol. The summed E-state index contributed by atoms with van der Waals surface area (Å²) in [5.41, 5.74) is 5.79. The van der Waals surface area contributed by atoms with E-state index in [0.29, 0.717) is 5.89 Å². The van der Waals surface area contributed by atoms with Crippen molar-refractivity contribution in [3.05, 3.63) is 11.7 Å². The van der Waals surface area contributed by atoms with Crippen LogP contribution in [0.3, 0.4) is 0 Å². The van der Waals surface area contributed by atoms with Crippen LogP contribution in [0.15, 0.2) is 4.52 Å². The zero-order valence-electron chi connectivity index (χ0n) is 9.85. The Labute approximate surface area is 95.3 Å². The number of nitrogens with two attached hydrogens (primary N) is 1. The zero-order chi connectivity index (χ0) is 11.5. The summed E-state index contributed by atoms with van der Waals surface area (Å²) in [6, 6.07) is 0.0241. The highest BCUT2D eigenvalue weighted by Crippen LogP contribution is 2.19. The van der Waals surface area contributed by atoms with Crippen LogP contribution in [0.25, 0.3) is 0 Å². The lowest BCUT2D eigenvalue weighted by Crippen LogP contribution is -2.22. The van der Waals surface area contributed by atoms with Crippen molar-refractivity contribution in [2.45, 2.75) is 51.2 Å². The molecule has 1 fully saturated rings. The van der Waals surface area contributed by atoms with Gasteiger partial charge in [0.25, 0.3) is 0 Å². The second kappa shape index (κ2) is 4.93. The van der Waals surface area contributed by atoms with Gasteiger partial charge in [-0.15, -0.1) is 0 Å². The predicted molar refractivity (Wildman–Crippen MR) is 59.0 cm³/mol. The fourth-order valence-electron chi connectivity index (χ4n) is 1.77. The number of hydrogen-bond donors (Lipinski definition) is 1. The van der Waals surface area contributed by atoms with Crippen molar-refractivity contribution >= 4 is 0 Å². The summed E-state index contributed by atoms with van der Waals surface area (Å²) in [6.07, 6.45) is 3.23. The van der Waals surface area contributed by atoms with Crippen LogP contribution in [0.4, 0.5) is 0 Å². The van der Waals surface area contributed by atoms with Crippen LogP contribution in [-0.2, 0) is 11.2 Å². The van der Waals surface area contributed by atoms with E-state index >= 15 is 0 Å². The van der Waals surface area contributed by atoms with E-state index < -0.39 is 0 Å². The molecule has 1 saturated heterocycles. The maximum Gasteiger partial charge on any atom is 0.231 e. The summed E-state index contributed by atoms with van der Waals surface area (Å²) < 4.78 is 10.7. The van der Waals surface area contributed by atoms with Crippen LogP contribution in [-0.4, -0.2) is 28.9 Å². The Bertz CT molecular complexity index is 332. The third-order valence-corrected chi connectivity index (χ3v) is 3.10. The standard InChI is InChI=1S/C11H19N3O2/c1-7(8(2)12)11-13-10(14-16-11)6-9-4-3-5-15-9/h7-9H,3-6,12H2,1-2H3. The smallest absolute Gasteiger partial charge is 0.231 e. The Hall–Kier alpha value is -0.940. The van der Waals surface area contributed by atoms with Gasteiger partial charge in [-0.05, 0) is 19.8 Å². The van der Waals surface area contributed by atoms with Gasteiger partial charge in [-0.2, -0.15) is 4.98 Å². The number of aromatic nitrogens is 2. The highest BCUT2D eigenvalue weighted by atomic mass is 16.5. The van der Waals surface area contributed by atoms with E-state index in [4.69, 9.17) is 15.0 Å². The van der Waals surface area contributed by atoms with Gasteiger partial charge in [-0.1, -0.05) is 12.1 Å². The molecule has 0 aromatic carbocycles. The SMILES string of the molecule is CC(N)C(C)c1nc(CC2CCCO2)no1. The molecule has 2 rings (SSSR count). The van der Waals surface area contributed by atoms with E-state index in [1.165, 1.54) is 0 Å². The zero-order valence-corrected chi connectivity index (χ0v) is 9.85. The van der Waals surface area contributed by atoms with Crippen LogP contribution >= 0.6 is 0 Å². The van der Waals surface area contributed by atoms with Gasteiger partial charge in [-0.25, -0.2) is 0 Å². The molecule has 0 spiro atoms. The predicted octanol–water partition coefficient (Wildman–Crippen LogP) is 1.24. The van der Waals surface area contributed by atoms with Crippen LogP contribution in [0.1, 0.15) is 44.3 Å². The molecule has 1 aliphatic heterocycles. The Morgan fingerprint density at radius 1 is 1.50 bits per heavy atom. The minimum absolute atomic E-state index is 0.0241. The Balaban J connectivity index is 1.96. The summed E-state index contributed by atoms with van der Waals surface area (Å²) in [5, 5.41) is 3.96. The molecule has 2 N–H and O–H groups in total. The molecule has 16 heavy (non-hydrogen) atoms. The molecule has 0 amide bonds. The van der Waals surface area contributed by atoms with Crippen molar-refractivity contribution in [3.63, 3.8) is 0 Å². The fraction of sp³-hybridized carbons (Fsp3) is 0.818. The number of nitrogens with zero attached hydrogens (tertiary/aromatic N) is 2. The normalized spacial score (nSPS) is 24.6. The molecule has 5 nitrogen and oxygen atoms in total. The Morgan fingerprint density at radius 3 is 2.94 bits per heavy atom. The van der Waals surface area contributed by atoms with Crippen molar-refractivity contribution < 1.29 is 9.26 Å². The van der Waals surface area contributed by atoms with Crippen LogP contribution in [0, 0.1) is 0 Å². The van der Waals surface area contributed by atoms with Crippen molar-refractivity contribution in [2.24, 2.45) is 5.73 Å². The Kier molecular flexibility index (Phi) is 3.56. The Morgan fingerprint density at radius 2 is 2.31 bits per heavy atom. The van der Waals surface area contributed by atoms with Crippen LogP contribution in [0.2, 0.25) is 0 Å². The molecule has 2 heterocycles. The highest BCUT2D eigenvalue weighted by molar-refractivity contribution is 4.97. The number of hydrogen-bond acceptors (Lipinski definition) is 5. The van der Waals surface area contributed by atoms with Crippen molar-refractivity contribution in [1.29, 1.82) is 0 Å². The molecule has 1 aromatic heterocycles. The molecule has 0 radical (unpaired) electrons. The lowest BCUT2D eigenvalue weighted by Gasteiger charge is -2.09. The summed E-state index contributed by atoms with van der Waals surface area (Å²) in [4.78, 5) is 4.36. The fourth-order valence-corrected chi connectivity index (χ4v) is 1.77. The van der Waals surface area contributed by atoms with E-state index in [2.05, 4.69) is 10.1 Å². The summed E-state index contributed by atoms with van der Waals surface area (Å²) >= 11 is 0. The summed E-state index contributed by atoms with van der Waals surface area (Å²) in [7, 11) is 0. The largest absolute Gasteiger partial charge is 0.378 e. The van der Waals surface area contributed by atoms with E-state index in [-0.39, 0.29) is 18.1 Å².